The fraction of sp³-hybridized carbons (Fsp3) is 0.500. The van der Waals surface area contributed by atoms with Gasteiger partial charge in [-0.3, -0.25) is 4.79 Å². The predicted octanol–water partition coefficient (Wildman–Crippen LogP) is 4.68. The van der Waals surface area contributed by atoms with Crippen molar-refractivity contribution < 1.29 is 52.3 Å². The Morgan fingerprint density at radius 2 is 1.43 bits per heavy atom. The molecule has 0 N–H and O–H groups in total. The normalized spacial score (nSPS) is 36.6. The lowest BCUT2D eigenvalue weighted by atomic mass is 9.53. The van der Waals surface area contributed by atoms with E-state index in [9.17, 15) is 14.4 Å². The van der Waals surface area contributed by atoms with Gasteiger partial charge in [0.15, 0.2) is 12.2 Å². The molecule has 7 rings (SSSR count). The van der Waals surface area contributed by atoms with Crippen LogP contribution in [0.3, 0.4) is 0 Å². The van der Waals surface area contributed by atoms with Crippen molar-refractivity contribution in [1.82, 2.24) is 0 Å². The third kappa shape index (κ3) is 4.88. The lowest BCUT2D eigenvalue weighted by molar-refractivity contribution is -0.180. The van der Waals surface area contributed by atoms with Crippen molar-refractivity contribution in [2.45, 2.75) is 77.3 Å². The highest BCUT2D eigenvalue weighted by molar-refractivity contribution is 7.80. The average molecular weight is 683 g/mol. The maximum atomic E-state index is 13.8. The molecule has 1 saturated carbocycles. The highest BCUT2D eigenvalue weighted by Gasteiger charge is 2.89. The number of thiocarbonyl (C=S) groups is 2. The largest absolute Gasteiger partial charge is 0.460 e. The molecule has 0 aromatic heterocycles. The first-order valence-corrected chi connectivity index (χ1v) is 16.3. The van der Waals surface area contributed by atoms with Crippen molar-refractivity contribution in [3.05, 3.63) is 60.7 Å². The minimum Gasteiger partial charge on any atom is -0.460 e. The first-order chi connectivity index (χ1) is 22.4. The number of hydrogen-bond donors (Lipinski definition) is 0. The first kappa shape index (κ1) is 31.8. The minimum absolute atomic E-state index is 0.0225. The van der Waals surface area contributed by atoms with Crippen LogP contribution in [0.4, 0.5) is 0 Å². The Morgan fingerprint density at radius 1 is 0.830 bits per heavy atom. The van der Waals surface area contributed by atoms with Gasteiger partial charge in [-0.15, -0.1) is 0 Å². The molecule has 0 radical (unpaired) electrons. The zero-order valence-electron chi connectivity index (χ0n) is 26.1. The molecule has 13 heteroatoms. The number of benzene rings is 2. The van der Waals surface area contributed by atoms with Crippen LogP contribution in [0.25, 0.3) is 0 Å². The van der Waals surface area contributed by atoms with Crippen molar-refractivity contribution in [2.75, 3.05) is 0 Å². The van der Waals surface area contributed by atoms with Crippen LogP contribution in [-0.4, -0.2) is 65.2 Å². The minimum atomic E-state index is -1.33. The van der Waals surface area contributed by atoms with Crippen LogP contribution >= 0.6 is 24.4 Å². The van der Waals surface area contributed by atoms with Gasteiger partial charge in [-0.25, -0.2) is 9.59 Å². The molecule has 11 nitrogen and oxygen atoms in total. The Bertz CT molecular complexity index is 1610. The second-order valence-electron chi connectivity index (χ2n) is 13.7. The monoisotopic (exact) mass is 682 g/mol. The zero-order valence-corrected chi connectivity index (χ0v) is 27.7. The second kappa shape index (κ2) is 11.4. The summed E-state index contributed by atoms with van der Waals surface area (Å²) in [6.45, 7) is 7.79. The molecule has 4 heterocycles. The summed E-state index contributed by atoms with van der Waals surface area (Å²) in [5, 5.41) is -0.485. The molecule has 0 bridgehead atoms. The van der Waals surface area contributed by atoms with Gasteiger partial charge < -0.3 is 37.9 Å². The average Bonchev–Trinajstić information content (AvgIpc) is 3.71. The van der Waals surface area contributed by atoms with Gasteiger partial charge >= 0.3 is 28.4 Å². The predicted molar refractivity (Wildman–Crippen MR) is 170 cm³/mol. The van der Waals surface area contributed by atoms with Crippen LogP contribution in [-0.2, 0) is 42.8 Å². The van der Waals surface area contributed by atoms with E-state index in [-0.39, 0.29) is 22.8 Å². The van der Waals surface area contributed by atoms with Crippen molar-refractivity contribution in [3.8, 4) is 11.5 Å². The van der Waals surface area contributed by atoms with Crippen LogP contribution < -0.4 is 9.47 Å². The van der Waals surface area contributed by atoms with Gasteiger partial charge in [-0.2, -0.15) is 0 Å². The lowest BCUT2D eigenvalue weighted by Crippen LogP contribution is -2.58. The number of carbonyl (C=O) groups excluding carboxylic acids is 3. The summed E-state index contributed by atoms with van der Waals surface area (Å²) in [6, 6.07) is 17.6. The number of ether oxygens (including phenoxy) is 8. The van der Waals surface area contributed by atoms with Crippen LogP contribution in [0.1, 0.15) is 40.5 Å². The van der Waals surface area contributed by atoms with Crippen LogP contribution in [0.5, 0.6) is 11.5 Å². The van der Waals surface area contributed by atoms with Crippen molar-refractivity contribution in [3.63, 3.8) is 0 Å². The molecular weight excluding hydrogens is 648 g/mol. The Labute approximate surface area is 282 Å². The van der Waals surface area contributed by atoms with E-state index in [1.165, 1.54) is 0 Å². The molecule has 1 spiro atoms. The summed E-state index contributed by atoms with van der Waals surface area (Å²) in [5.74, 6) is -1.97. The summed E-state index contributed by atoms with van der Waals surface area (Å²) in [6.07, 6.45) is -5.75. The van der Waals surface area contributed by atoms with Gasteiger partial charge in [-0.1, -0.05) is 57.2 Å². The molecular formula is C34H34O11S2. The third-order valence-electron chi connectivity index (χ3n) is 10.3. The van der Waals surface area contributed by atoms with E-state index in [0.29, 0.717) is 17.9 Å². The van der Waals surface area contributed by atoms with Crippen molar-refractivity contribution >= 4 is 52.8 Å². The molecule has 6 unspecified atom stereocenters. The van der Waals surface area contributed by atoms with E-state index in [1.54, 1.807) is 55.5 Å². The number of para-hydroxylation sites is 2. The van der Waals surface area contributed by atoms with Gasteiger partial charge in [0.2, 0.25) is 12.4 Å². The lowest BCUT2D eigenvalue weighted by Gasteiger charge is -2.47. The summed E-state index contributed by atoms with van der Waals surface area (Å²) in [5.41, 5.74) is -3.00. The Morgan fingerprint density at radius 3 is 2.02 bits per heavy atom. The zero-order chi connectivity index (χ0) is 33.3. The molecule has 5 aliphatic rings. The maximum absolute atomic E-state index is 13.8. The Balaban J connectivity index is 1.27. The van der Waals surface area contributed by atoms with E-state index in [1.807, 2.05) is 32.9 Å². The quantitative estimate of drug-likeness (QED) is 0.238. The SMILES string of the molecule is C[C@@H]1C(=O)OC(CC23C4C[C@@H](C(C)(C)C)C25C(OC(=O)[C@@H]5OC(=S)Oc2ccccc2)OC3C(=O)O4)[C@@H]1OC(=S)Oc1ccccc1. The van der Waals surface area contributed by atoms with Crippen molar-refractivity contribution in [2.24, 2.45) is 28.1 Å². The topological polar surface area (TPSA) is 125 Å². The number of carbonyl (C=O) groups is 3. The Kier molecular flexibility index (Phi) is 7.72. The fourth-order valence-corrected chi connectivity index (χ4v) is 8.92. The highest BCUT2D eigenvalue weighted by Crippen LogP contribution is 2.76. The molecule has 47 heavy (non-hydrogen) atoms. The second-order valence-corrected chi connectivity index (χ2v) is 14.4. The van der Waals surface area contributed by atoms with Gasteiger partial charge in [-0.05, 0) is 48.9 Å². The molecule has 248 valence electrons. The fourth-order valence-electron chi connectivity index (χ4n) is 8.52. The van der Waals surface area contributed by atoms with Gasteiger partial charge in [0.05, 0.1) is 16.7 Å². The number of cyclic esters (lactones) is 1. The molecule has 2 aromatic carbocycles. The number of hydrogen-bond acceptors (Lipinski definition) is 13. The smallest absolute Gasteiger partial charge is 0.358 e. The molecule has 0 amide bonds. The van der Waals surface area contributed by atoms with Gasteiger partial charge in [0, 0.05) is 30.9 Å². The molecule has 5 fully saturated rings. The van der Waals surface area contributed by atoms with E-state index in [2.05, 4.69) is 0 Å². The number of rotatable bonds is 6. The summed E-state index contributed by atoms with van der Waals surface area (Å²) < 4.78 is 48.0. The van der Waals surface area contributed by atoms with E-state index in [0.717, 1.165) is 0 Å². The van der Waals surface area contributed by atoms with E-state index in [4.69, 9.17) is 62.3 Å². The summed E-state index contributed by atoms with van der Waals surface area (Å²) in [7, 11) is 0. The Hall–Kier alpha value is -3.81. The van der Waals surface area contributed by atoms with Crippen molar-refractivity contribution in [1.29, 1.82) is 0 Å². The van der Waals surface area contributed by atoms with E-state index < -0.39 is 76.9 Å². The summed E-state index contributed by atoms with van der Waals surface area (Å²) >= 11 is 10.9. The number of esters is 3. The standard InChI is InChI=1S/C34H34O11S2/c1-17-23(42-30(46)38-18-11-7-5-8-12-18)20(40-26(17)35)16-33-22-15-21(32(2,3)4)34(33)25(44-31(47)39-19-13-9-6-10-14-19)28(37)45-29(34)43-24(33)27(36)41-22/h5-14,17,20-25,29H,15-16H2,1-4H3/t17-,20?,21-,22?,23+,24?,25-,29?,33?,34?/m0/s1. The maximum Gasteiger partial charge on any atom is 0.358 e. The van der Waals surface area contributed by atoms with Crippen LogP contribution in [0.15, 0.2) is 60.7 Å². The first-order valence-electron chi connectivity index (χ1n) is 15.5. The van der Waals surface area contributed by atoms with Crippen LogP contribution in [0.2, 0.25) is 0 Å². The molecule has 4 aliphatic heterocycles. The third-order valence-corrected chi connectivity index (χ3v) is 10.6. The molecule has 4 saturated heterocycles. The van der Waals surface area contributed by atoms with E-state index >= 15 is 0 Å². The van der Waals surface area contributed by atoms with Gasteiger partial charge in [0.1, 0.15) is 23.7 Å². The molecule has 1 aliphatic carbocycles. The summed E-state index contributed by atoms with van der Waals surface area (Å²) in [4.78, 5) is 40.3. The van der Waals surface area contributed by atoms with Crippen LogP contribution in [0, 0.1) is 28.1 Å². The molecule has 2 aromatic rings. The highest BCUT2D eigenvalue weighted by atomic mass is 32.1. The molecule has 10 atom stereocenters. The van der Waals surface area contributed by atoms with Gasteiger partial charge in [0.25, 0.3) is 0 Å².